The van der Waals surface area contributed by atoms with E-state index in [-0.39, 0.29) is 12.1 Å². The van der Waals surface area contributed by atoms with E-state index in [0.717, 1.165) is 30.0 Å². The molecule has 0 spiro atoms. The van der Waals surface area contributed by atoms with Gasteiger partial charge in [-0.25, -0.2) is 9.78 Å². The van der Waals surface area contributed by atoms with Crippen LogP contribution >= 0.6 is 11.3 Å². The molecule has 1 heterocycles. The van der Waals surface area contributed by atoms with Gasteiger partial charge in [-0.1, -0.05) is 13.8 Å². The predicted octanol–water partition coefficient (Wildman–Crippen LogP) is 3.31. The van der Waals surface area contributed by atoms with E-state index in [1.165, 1.54) is 4.88 Å². The van der Waals surface area contributed by atoms with Crippen molar-refractivity contribution in [2.45, 2.75) is 59.0 Å². The molecule has 106 valence electrons. The molecule has 0 bridgehead atoms. The zero-order chi connectivity index (χ0) is 14.0. The summed E-state index contributed by atoms with van der Waals surface area (Å²) in [4.78, 5) is 17.7. The molecule has 1 aromatic heterocycles. The minimum atomic E-state index is -0.0568. The molecule has 1 saturated carbocycles. The van der Waals surface area contributed by atoms with Gasteiger partial charge in [0.25, 0.3) is 0 Å². The van der Waals surface area contributed by atoms with Gasteiger partial charge < -0.3 is 10.6 Å². The second-order valence-corrected chi connectivity index (χ2v) is 7.00. The van der Waals surface area contributed by atoms with Gasteiger partial charge in [0, 0.05) is 10.9 Å². The van der Waals surface area contributed by atoms with Gasteiger partial charge in [-0.15, -0.1) is 11.3 Å². The summed E-state index contributed by atoms with van der Waals surface area (Å²) < 4.78 is 0. The third-order valence-electron chi connectivity index (χ3n) is 3.27. The Labute approximate surface area is 119 Å². The largest absolute Gasteiger partial charge is 0.335 e. The molecule has 1 atom stereocenters. The minimum Gasteiger partial charge on any atom is -0.335 e. The minimum absolute atomic E-state index is 0.0242. The summed E-state index contributed by atoms with van der Waals surface area (Å²) in [6.07, 6.45) is 3.14. The number of carbonyl (C=O) groups is 1. The molecule has 1 aliphatic rings. The van der Waals surface area contributed by atoms with Gasteiger partial charge in [0.2, 0.25) is 0 Å². The first kappa shape index (κ1) is 14.3. The molecule has 0 radical (unpaired) electrons. The summed E-state index contributed by atoms with van der Waals surface area (Å²) in [5, 5.41) is 7.07. The Morgan fingerprint density at radius 1 is 1.42 bits per heavy atom. The monoisotopic (exact) mass is 281 g/mol. The SMILES string of the molecule is Cc1nc(C(CC(C)C)NC(=O)NC2CC2)sc1C. The molecule has 1 fully saturated rings. The molecular weight excluding hydrogens is 258 g/mol. The van der Waals surface area contributed by atoms with Crippen LogP contribution in [0.1, 0.15) is 54.7 Å². The van der Waals surface area contributed by atoms with Crippen molar-refractivity contribution in [1.82, 2.24) is 15.6 Å². The first-order chi connectivity index (χ1) is 8.95. The Hall–Kier alpha value is -1.10. The fourth-order valence-corrected chi connectivity index (χ4v) is 2.94. The number of urea groups is 1. The summed E-state index contributed by atoms with van der Waals surface area (Å²) in [6.45, 7) is 8.43. The number of thiazole rings is 1. The van der Waals surface area contributed by atoms with Gasteiger partial charge in [0.15, 0.2) is 0 Å². The van der Waals surface area contributed by atoms with Crippen LogP contribution in [-0.4, -0.2) is 17.1 Å². The van der Waals surface area contributed by atoms with Crippen molar-refractivity contribution in [2.24, 2.45) is 5.92 Å². The van der Waals surface area contributed by atoms with E-state index >= 15 is 0 Å². The number of nitrogens with one attached hydrogen (secondary N) is 2. The molecule has 2 N–H and O–H groups in total. The first-order valence-corrected chi connectivity index (χ1v) is 7.78. The van der Waals surface area contributed by atoms with Crippen molar-refractivity contribution in [3.8, 4) is 0 Å². The Bertz CT molecular complexity index is 432. The molecule has 4 nitrogen and oxygen atoms in total. The van der Waals surface area contributed by atoms with Crippen LogP contribution in [0.3, 0.4) is 0 Å². The fraction of sp³-hybridized carbons (Fsp3) is 0.714. The lowest BCUT2D eigenvalue weighted by Gasteiger charge is -2.19. The van der Waals surface area contributed by atoms with Crippen molar-refractivity contribution in [2.75, 3.05) is 0 Å². The number of hydrogen-bond acceptors (Lipinski definition) is 3. The molecule has 0 saturated heterocycles. The van der Waals surface area contributed by atoms with E-state index in [0.29, 0.717) is 12.0 Å². The van der Waals surface area contributed by atoms with E-state index in [1.807, 2.05) is 6.92 Å². The van der Waals surface area contributed by atoms with E-state index in [1.54, 1.807) is 11.3 Å². The average Bonchev–Trinajstić information content (AvgIpc) is 3.03. The van der Waals surface area contributed by atoms with Crippen LogP contribution < -0.4 is 10.6 Å². The maximum Gasteiger partial charge on any atom is 0.315 e. The van der Waals surface area contributed by atoms with Crippen LogP contribution in [0.4, 0.5) is 4.79 Å². The highest BCUT2D eigenvalue weighted by Gasteiger charge is 2.26. The molecule has 2 amide bonds. The normalized spacial score (nSPS) is 16.5. The summed E-state index contributed by atoms with van der Waals surface area (Å²) in [5.74, 6) is 0.524. The fourth-order valence-electron chi connectivity index (χ4n) is 1.95. The number of carbonyl (C=O) groups excluding carboxylic acids is 1. The maximum absolute atomic E-state index is 11.9. The number of aryl methyl sites for hydroxylation is 2. The van der Waals surface area contributed by atoms with Gasteiger partial charge in [-0.05, 0) is 39.0 Å². The molecule has 19 heavy (non-hydrogen) atoms. The molecule has 5 heteroatoms. The molecule has 0 aromatic carbocycles. The highest BCUT2D eigenvalue weighted by molar-refractivity contribution is 7.11. The van der Waals surface area contributed by atoms with Crippen molar-refractivity contribution >= 4 is 17.4 Å². The number of amides is 2. The Morgan fingerprint density at radius 2 is 2.11 bits per heavy atom. The molecule has 0 aliphatic heterocycles. The molecule has 2 rings (SSSR count). The molecular formula is C14H23N3OS. The second kappa shape index (κ2) is 5.90. The topological polar surface area (TPSA) is 54.0 Å². The molecule has 1 unspecified atom stereocenters. The van der Waals surface area contributed by atoms with Gasteiger partial charge in [0.05, 0.1) is 11.7 Å². The third-order valence-corrected chi connectivity index (χ3v) is 4.45. The molecule has 1 aliphatic carbocycles. The number of hydrogen-bond donors (Lipinski definition) is 2. The standard InChI is InChI=1S/C14H23N3OS/c1-8(2)7-12(13-15-9(3)10(4)19-13)17-14(18)16-11-5-6-11/h8,11-12H,5-7H2,1-4H3,(H2,16,17,18). The average molecular weight is 281 g/mol. The smallest absolute Gasteiger partial charge is 0.315 e. The van der Waals surface area contributed by atoms with Crippen molar-refractivity contribution < 1.29 is 4.79 Å². The number of aromatic nitrogens is 1. The van der Waals surface area contributed by atoms with Crippen LogP contribution in [-0.2, 0) is 0 Å². The van der Waals surface area contributed by atoms with Crippen LogP contribution in [0.2, 0.25) is 0 Å². The van der Waals surface area contributed by atoms with Crippen LogP contribution in [0, 0.1) is 19.8 Å². The van der Waals surface area contributed by atoms with E-state index in [9.17, 15) is 4.79 Å². The first-order valence-electron chi connectivity index (χ1n) is 6.96. The van der Waals surface area contributed by atoms with Gasteiger partial charge in [-0.2, -0.15) is 0 Å². The Morgan fingerprint density at radius 3 is 2.58 bits per heavy atom. The lowest BCUT2D eigenvalue weighted by molar-refractivity contribution is 0.234. The second-order valence-electron chi connectivity index (χ2n) is 5.77. The van der Waals surface area contributed by atoms with Gasteiger partial charge in [0.1, 0.15) is 5.01 Å². The van der Waals surface area contributed by atoms with Crippen LogP contribution in [0.25, 0.3) is 0 Å². The van der Waals surface area contributed by atoms with Crippen molar-refractivity contribution in [3.63, 3.8) is 0 Å². The maximum atomic E-state index is 11.9. The van der Waals surface area contributed by atoms with Crippen LogP contribution in [0.15, 0.2) is 0 Å². The van der Waals surface area contributed by atoms with E-state index < -0.39 is 0 Å². The summed E-state index contributed by atoms with van der Waals surface area (Å²) in [5.41, 5.74) is 1.07. The number of rotatable bonds is 5. The highest BCUT2D eigenvalue weighted by atomic mass is 32.1. The number of nitrogens with zero attached hydrogens (tertiary/aromatic N) is 1. The Balaban J connectivity index is 2.03. The van der Waals surface area contributed by atoms with E-state index in [2.05, 4.69) is 36.4 Å². The zero-order valence-electron chi connectivity index (χ0n) is 12.1. The summed E-state index contributed by atoms with van der Waals surface area (Å²) in [6, 6.07) is 0.356. The van der Waals surface area contributed by atoms with E-state index in [4.69, 9.17) is 0 Å². The lowest BCUT2D eigenvalue weighted by Crippen LogP contribution is -2.39. The van der Waals surface area contributed by atoms with Crippen LogP contribution in [0.5, 0.6) is 0 Å². The molecule has 1 aromatic rings. The summed E-state index contributed by atoms with van der Waals surface area (Å²) >= 11 is 1.69. The predicted molar refractivity (Wildman–Crippen MR) is 78.5 cm³/mol. The quantitative estimate of drug-likeness (QED) is 0.870. The third kappa shape index (κ3) is 4.20. The van der Waals surface area contributed by atoms with Crippen molar-refractivity contribution in [3.05, 3.63) is 15.6 Å². The van der Waals surface area contributed by atoms with Crippen molar-refractivity contribution in [1.29, 1.82) is 0 Å². The summed E-state index contributed by atoms with van der Waals surface area (Å²) in [7, 11) is 0. The highest BCUT2D eigenvalue weighted by Crippen LogP contribution is 2.27. The lowest BCUT2D eigenvalue weighted by atomic mass is 10.0. The van der Waals surface area contributed by atoms with Gasteiger partial charge >= 0.3 is 6.03 Å². The Kier molecular flexibility index (Phi) is 4.45. The zero-order valence-corrected chi connectivity index (χ0v) is 12.9. The van der Waals surface area contributed by atoms with Gasteiger partial charge in [-0.3, -0.25) is 0 Å².